The van der Waals surface area contributed by atoms with Crippen molar-refractivity contribution in [2.45, 2.75) is 174 Å². The summed E-state index contributed by atoms with van der Waals surface area (Å²) in [6.07, 6.45) is 35.0. The van der Waals surface area contributed by atoms with E-state index in [0.717, 1.165) is 12.8 Å². The predicted octanol–water partition coefficient (Wildman–Crippen LogP) is 9.44. The number of aliphatic hydroxyl groups is 2. The number of unbranched alkanes of at least 4 members (excludes halogenated alkanes) is 23. The number of hydrogen-bond donors (Lipinski definition) is 2. The Morgan fingerprint density at radius 2 is 0.543 bits per heavy atom. The average Bonchev–Trinajstić information content (AvgIpc) is 2.87. The van der Waals surface area contributed by atoms with Crippen molar-refractivity contribution in [3.05, 3.63) is 0 Å². The van der Waals surface area contributed by atoms with Gasteiger partial charge in [0.2, 0.25) is 0 Å². The summed E-state index contributed by atoms with van der Waals surface area (Å²) in [5.41, 5.74) is 0. The Labute approximate surface area is 221 Å². The minimum Gasteiger partial charge on any atom is -0.396 e. The van der Waals surface area contributed by atoms with E-state index < -0.39 is 0 Å². The third-order valence-corrected chi connectivity index (χ3v) is 7.59. The number of hydrogen-bond acceptors (Lipinski definition) is 3. The first-order chi connectivity index (χ1) is 17.3. The molecule has 0 saturated carbocycles. The van der Waals surface area contributed by atoms with Crippen LogP contribution >= 0.6 is 0 Å². The standard InChI is InChI=1S/C32H67NO2/c1-2-3-4-23-28-33(29-24-19-15-11-7-5-9-13-17-21-26-31-34)30-25-20-16-12-8-6-10-14-18-22-27-32-35/h34-35H,2-32H2,1H3. The minimum atomic E-state index is 0.365. The molecule has 0 saturated heterocycles. The van der Waals surface area contributed by atoms with Crippen LogP contribution < -0.4 is 0 Å². The molecule has 0 unspecified atom stereocenters. The minimum absolute atomic E-state index is 0.365. The molecule has 212 valence electrons. The van der Waals surface area contributed by atoms with E-state index in [1.807, 2.05) is 0 Å². The topological polar surface area (TPSA) is 43.7 Å². The van der Waals surface area contributed by atoms with Crippen molar-refractivity contribution in [2.24, 2.45) is 0 Å². The van der Waals surface area contributed by atoms with Gasteiger partial charge in [0, 0.05) is 13.2 Å². The lowest BCUT2D eigenvalue weighted by molar-refractivity contribution is 0.254. The summed E-state index contributed by atoms with van der Waals surface area (Å²) >= 11 is 0. The fraction of sp³-hybridized carbons (Fsp3) is 1.00. The fourth-order valence-electron chi connectivity index (χ4n) is 5.17. The molecule has 0 aliphatic carbocycles. The normalized spacial score (nSPS) is 11.7. The molecule has 0 aromatic rings. The van der Waals surface area contributed by atoms with Crippen molar-refractivity contribution < 1.29 is 10.2 Å². The summed E-state index contributed by atoms with van der Waals surface area (Å²) in [7, 11) is 0. The molecule has 35 heavy (non-hydrogen) atoms. The van der Waals surface area contributed by atoms with Gasteiger partial charge in [-0.2, -0.15) is 0 Å². The molecule has 0 heterocycles. The summed E-state index contributed by atoms with van der Waals surface area (Å²) in [4.78, 5) is 2.79. The monoisotopic (exact) mass is 498 g/mol. The van der Waals surface area contributed by atoms with Crippen LogP contribution in [0, 0.1) is 0 Å². The summed E-state index contributed by atoms with van der Waals surface area (Å²) in [6.45, 7) is 7.02. The molecule has 0 spiro atoms. The van der Waals surface area contributed by atoms with Crippen LogP contribution in [0.2, 0.25) is 0 Å². The van der Waals surface area contributed by atoms with E-state index in [1.165, 1.54) is 174 Å². The van der Waals surface area contributed by atoms with Gasteiger partial charge in [0.15, 0.2) is 0 Å². The number of nitrogens with zero attached hydrogens (tertiary/aromatic N) is 1. The highest BCUT2D eigenvalue weighted by molar-refractivity contribution is 4.60. The van der Waals surface area contributed by atoms with Crippen LogP contribution in [0.15, 0.2) is 0 Å². The zero-order valence-electron chi connectivity index (χ0n) is 24.3. The second-order valence-electron chi connectivity index (χ2n) is 11.1. The van der Waals surface area contributed by atoms with Gasteiger partial charge in [-0.25, -0.2) is 0 Å². The first kappa shape index (κ1) is 34.9. The van der Waals surface area contributed by atoms with E-state index in [1.54, 1.807) is 0 Å². The summed E-state index contributed by atoms with van der Waals surface area (Å²) in [5.74, 6) is 0. The molecule has 0 radical (unpaired) electrons. The highest BCUT2D eigenvalue weighted by Crippen LogP contribution is 2.14. The Kier molecular flexibility index (Phi) is 31.8. The predicted molar refractivity (Wildman–Crippen MR) is 156 cm³/mol. The summed E-state index contributed by atoms with van der Waals surface area (Å²) in [5, 5.41) is 17.6. The van der Waals surface area contributed by atoms with Crippen molar-refractivity contribution in [3.8, 4) is 0 Å². The van der Waals surface area contributed by atoms with Crippen molar-refractivity contribution in [1.29, 1.82) is 0 Å². The maximum Gasteiger partial charge on any atom is 0.0431 e. The van der Waals surface area contributed by atoms with E-state index in [9.17, 15) is 0 Å². The lowest BCUT2D eigenvalue weighted by atomic mass is 10.1. The van der Waals surface area contributed by atoms with Crippen LogP contribution in [0.25, 0.3) is 0 Å². The molecule has 2 N–H and O–H groups in total. The van der Waals surface area contributed by atoms with Crippen LogP contribution in [0.1, 0.15) is 174 Å². The quantitative estimate of drug-likeness (QED) is 0.0937. The second kappa shape index (κ2) is 31.9. The molecule has 3 heteroatoms. The molecule has 0 atom stereocenters. The molecule has 0 aliphatic heterocycles. The first-order valence-corrected chi connectivity index (χ1v) is 16.3. The summed E-state index contributed by atoms with van der Waals surface area (Å²) in [6, 6.07) is 0. The SMILES string of the molecule is CCCCCCN(CCCCCCCCCCCCCO)CCCCCCCCCCCCCO. The van der Waals surface area contributed by atoms with Crippen molar-refractivity contribution >= 4 is 0 Å². The van der Waals surface area contributed by atoms with Gasteiger partial charge in [-0.1, -0.05) is 142 Å². The van der Waals surface area contributed by atoms with Crippen LogP contribution in [0.3, 0.4) is 0 Å². The fourth-order valence-corrected chi connectivity index (χ4v) is 5.17. The molecule has 0 aromatic carbocycles. The van der Waals surface area contributed by atoms with Crippen LogP contribution in [0.5, 0.6) is 0 Å². The third kappa shape index (κ3) is 30.0. The van der Waals surface area contributed by atoms with Crippen molar-refractivity contribution in [2.75, 3.05) is 32.8 Å². The van der Waals surface area contributed by atoms with Crippen molar-refractivity contribution in [1.82, 2.24) is 4.90 Å². The highest BCUT2D eigenvalue weighted by Gasteiger charge is 2.05. The largest absolute Gasteiger partial charge is 0.396 e. The van der Waals surface area contributed by atoms with Gasteiger partial charge >= 0.3 is 0 Å². The molecule has 3 nitrogen and oxygen atoms in total. The van der Waals surface area contributed by atoms with Gasteiger partial charge in [-0.3, -0.25) is 0 Å². The molecule has 0 fully saturated rings. The van der Waals surface area contributed by atoms with Gasteiger partial charge in [0.05, 0.1) is 0 Å². The van der Waals surface area contributed by atoms with Crippen molar-refractivity contribution in [3.63, 3.8) is 0 Å². The number of aliphatic hydroxyl groups excluding tert-OH is 2. The van der Waals surface area contributed by atoms with E-state index in [4.69, 9.17) is 10.2 Å². The highest BCUT2D eigenvalue weighted by atomic mass is 16.3. The Bertz CT molecular complexity index is 335. The molecule has 0 aliphatic rings. The van der Waals surface area contributed by atoms with Gasteiger partial charge in [-0.15, -0.1) is 0 Å². The zero-order chi connectivity index (χ0) is 25.5. The Morgan fingerprint density at radius 3 is 0.800 bits per heavy atom. The molecule has 0 amide bonds. The van der Waals surface area contributed by atoms with E-state index in [2.05, 4.69) is 11.8 Å². The lowest BCUT2D eigenvalue weighted by Crippen LogP contribution is -2.27. The van der Waals surface area contributed by atoms with Gasteiger partial charge in [0.25, 0.3) is 0 Å². The van der Waals surface area contributed by atoms with Crippen LogP contribution in [-0.2, 0) is 0 Å². The van der Waals surface area contributed by atoms with Gasteiger partial charge in [0.1, 0.15) is 0 Å². The first-order valence-electron chi connectivity index (χ1n) is 16.3. The number of rotatable bonds is 31. The van der Waals surface area contributed by atoms with E-state index in [-0.39, 0.29) is 0 Å². The molecular weight excluding hydrogens is 430 g/mol. The maximum atomic E-state index is 8.82. The van der Waals surface area contributed by atoms with Gasteiger partial charge in [-0.05, 0) is 51.7 Å². The Hall–Kier alpha value is -0.120. The van der Waals surface area contributed by atoms with E-state index >= 15 is 0 Å². The second-order valence-corrected chi connectivity index (χ2v) is 11.1. The lowest BCUT2D eigenvalue weighted by Gasteiger charge is -2.22. The van der Waals surface area contributed by atoms with Crippen LogP contribution in [-0.4, -0.2) is 48.0 Å². The summed E-state index contributed by atoms with van der Waals surface area (Å²) < 4.78 is 0. The van der Waals surface area contributed by atoms with Crippen LogP contribution in [0.4, 0.5) is 0 Å². The Morgan fingerprint density at radius 1 is 0.314 bits per heavy atom. The Balaban J connectivity index is 3.65. The molecular formula is C32H67NO2. The maximum absolute atomic E-state index is 8.82. The molecule has 0 bridgehead atoms. The average molecular weight is 498 g/mol. The zero-order valence-corrected chi connectivity index (χ0v) is 24.3. The van der Waals surface area contributed by atoms with Gasteiger partial charge < -0.3 is 15.1 Å². The van der Waals surface area contributed by atoms with E-state index in [0.29, 0.717) is 13.2 Å². The smallest absolute Gasteiger partial charge is 0.0431 e. The molecule has 0 aromatic heterocycles. The molecule has 0 rings (SSSR count). The third-order valence-electron chi connectivity index (χ3n) is 7.59.